The van der Waals surface area contributed by atoms with Crippen LogP contribution in [0.1, 0.15) is 16.8 Å². The van der Waals surface area contributed by atoms with Gasteiger partial charge in [-0.25, -0.2) is 8.42 Å². The largest absolute Gasteiger partial charge is 0.396 e. The summed E-state index contributed by atoms with van der Waals surface area (Å²) in [5.74, 6) is -1.06. The highest BCUT2D eigenvalue weighted by Crippen LogP contribution is 2.29. The molecule has 1 saturated heterocycles. The van der Waals surface area contributed by atoms with Crippen LogP contribution in [-0.4, -0.2) is 55.1 Å². The van der Waals surface area contributed by atoms with Crippen molar-refractivity contribution in [1.29, 1.82) is 0 Å². The average molecular weight is 334 g/mol. The monoisotopic (exact) mass is 334 g/mol. The van der Waals surface area contributed by atoms with E-state index < -0.39 is 15.9 Å². The molecular weight excluding hydrogens is 316 g/mol. The van der Waals surface area contributed by atoms with Crippen LogP contribution in [0.5, 0.6) is 0 Å². The van der Waals surface area contributed by atoms with Crippen LogP contribution >= 0.6 is 11.3 Å². The lowest BCUT2D eigenvalue weighted by Crippen LogP contribution is -2.45. The van der Waals surface area contributed by atoms with E-state index in [2.05, 4.69) is 0 Å². The third-order valence-electron chi connectivity index (χ3n) is 3.56. The standard InChI is InChI=1S/C12H18N2O5S2/c13-12(17)10-2-11(20-7-10)21(18,19)14-3-8(5-15)1-9(4-14)6-16/h2,7-9,15-16H,1,3-6H2,(H2,13,17)/t8-,9+. The van der Waals surface area contributed by atoms with Crippen LogP contribution < -0.4 is 5.73 Å². The van der Waals surface area contributed by atoms with Crippen molar-refractivity contribution in [3.8, 4) is 0 Å². The molecule has 7 nitrogen and oxygen atoms in total. The summed E-state index contributed by atoms with van der Waals surface area (Å²) in [6.45, 7) is 0.164. The normalized spacial score (nSPS) is 24.1. The smallest absolute Gasteiger partial charge is 0.252 e. The van der Waals surface area contributed by atoms with Crippen molar-refractivity contribution < 1.29 is 23.4 Å². The van der Waals surface area contributed by atoms with E-state index in [0.29, 0.717) is 6.42 Å². The van der Waals surface area contributed by atoms with Crippen molar-refractivity contribution in [1.82, 2.24) is 4.31 Å². The molecule has 1 aliphatic heterocycles. The number of sulfonamides is 1. The minimum Gasteiger partial charge on any atom is -0.396 e. The molecule has 0 unspecified atom stereocenters. The maximum Gasteiger partial charge on any atom is 0.252 e. The molecular formula is C12H18N2O5S2. The van der Waals surface area contributed by atoms with Gasteiger partial charge >= 0.3 is 0 Å². The Morgan fingerprint density at radius 3 is 2.33 bits per heavy atom. The van der Waals surface area contributed by atoms with Crippen molar-refractivity contribution in [2.75, 3.05) is 26.3 Å². The first-order chi connectivity index (χ1) is 9.88. The zero-order valence-corrected chi connectivity index (χ0v) is 12.9. The number of carbonyl (C=O) groups is 1. The second-order valence-electron chi connectivity index (χ2n) is 5.17. The number of amides is 1. The Balaban J connectivity index is 2.26. The van der Waals surface area contributed by atoms with Gasteiger partial charge in [-0.15, -0.1) is 11.3 Å². The van der Waals surface area contributed by atoms with E-state index in [1.165, 1.54) is 15.8 Å². The van der Waals surface area contributed by atoms with E-state index in [9.17, 15) is 23.4 Å². The van der Waals surface area contributed by atoms with Crippen LogP contribution in [0, 0.1) is 11.8 Å². The van der Waals surface area contributed by atoms with E-state index >= 15 is 0 Å². The zero-order chi connectivity index (χ0) is 15.6. The van der Waals surface area contributed by atoms with Gasteiger partial charge in [0.1, 0.15) is 4.21 Å². The van der Waals surface area contributed by atoms with Crippen molar-refractivity contribution in [2.24, 2.45) is 17.6 Å². The Hall–Kier alpha value is -1.00. The first-order valence-corrected chi connectivity index (χ1v) is 8.80. The van der Waals surface area contributed by atoms with Gasteiger partial charge in [0.25, 0.3) is 10.0 Å². The van der Waals surface area contributed by atoms with E-state index in [0.717, 1.165) is 11.3 Å². The van der Waals surface area contributed by atoms with Crippen LogP contribution in [0.2, 0.25) is 0 Å². The lowest BCUT2D eigenvalue weighted by molar-refractivity contribution is 0.0966. The predicted octanol–water partition coefficient (Wildman–Crippen LogP) is -0.542. The summed E-state index contributed by atoms with van der Waals surface area (Å²) in [5, 5.41) is 20.0. The molecule has 9 heteroatoms. The first-order valence-electron chi connectivity index (χ1n) is 6.48. The highest BCUT2D eigenvalue weighted by Gasteiger charge is 2.35. The van der Waals surface area contributed by atoms with Gasteiger partial charge in [0.2, 0.25) is 5.91 Å². The van der Waals surface area contributed by atoms with E-state index in [4.69, 9.17) is 5.73 Å². The van der Waals surface area contributed by atoms with Crippen molar-refractivity contribution in [3.63, 3.8) is 0 Å². The minimum atomic E-state index is -3.74. The molecule has 0 radical (unpaired) electrons. The molecule has 1 aromatic heterocycles. The Labute approximate surface area is 127 Å². The number of hydrogen-bond donors (Lipinski definition) is 3. The molecule has 1 aliphatic rings. The molecule has 1 aromatic rings. The molecule has 2 heterocycles. The van der Waals surface area contributed by atoms with Crippen LogP contribution in [0.4, 0.5) is 0 Å². The Morgan fingerprint density at radius 1 is 1.33 bits per heavy atom. The van der Waals surface area contributed by atoms with Gasteiger partial charge in [-0.1, -0.05) is 0 Å². The Morgan fingerprint density at radius 2 is 1.90 bits per heavy atom. The SMILES string of the molecule is NC(=O)c1csc(S(=O)(=O)N2C[C@H](CO)C[C@H](CO)C2)c1. The molecule has 0 aliphatic carbocycles. The minimum absolute atomic E-state index is 0.0478. The van der Waals surface area contributed by atoms with Gasteiger partial charge in [0.15, 0.2) is 0 Å². The average Bonchev–Trinajstić information content (AvgIpc) is 2.97. The van der Waals surface area contributed by atoms with Gasteiger partial charge in [0, 0.05) is 31.7 Å². The third-order valence-corrected chi connectivity index (χ3v) is 6.81. The van der Waals surface area contributed by atoms with Crippen LogP contribution in [0.25, 0.3) is 0 Å². The van der Waals surface area contributed by atoms with Gasteiger partial charge in [-0.3, -0.25) is 4.79 Å². The van der Waals surface area contributed by atoms with E-state index in [1.54, 1.807) is 0 Å². The second kappa shape index (κ2) is 6.41. The molecule has 0 saturated carbocycles. The second-order valence-corrected chi connectivity index (χ2v) is 8.25. The lowest BCUT2D eigenvalue weighted by Gasteiger charge is -2.35. The van der Waals surface area contributed by atoms with Crippen LogP contribution in [0.3, 0.4) is 0 Å². The summed E-state index contributed by atoms with van der Waals surface area (Å²) in [6.07, 6.45) is 0.593. The number of aliphatic hydroxyl groups excluding tert-OH is 2. The molecule has 0 aromatic carbocycles. The zero-order valence-electron chi connectivity index (χ0n) is 11.3. The number of aliphatic hydroxyl groups is 2. The third kappa shape index (κ3) is 3.43. The summed E-state index contributed by atoms with van der Waals surface area (Å²) >= 11 is 0.941. The number of nitrogens with two attached hydrogens (primary N) is 1. The first kappa shape index (κ1) is 16.4. The van der Waals surface area contributed by atoms with E-state index in [1.807, 2.05) is 0 Å². The maximum absolute atomic E-state index is 12.6. The number of piperidine rings is 1. The number of thiophene rings is 1. The Bertz CT molecular complexity index is 601. The van der Waals surface area contributed by atoms with Gasteiger partial charge in [-0.2, -0.15) is 4.31 Å². The highest BCUT2D eigenvalue weighted by molar-refractivity contribution is 7.91. The lowest BCUT2D eigenvalue weighted by atomic mass is 9.92. The number of hydrogen-bond acceptors (Lipinski definition) is 6. The fourth-order valence-electron chi connectivity index (χ4n) is 2.44. The summed E-state index contributed by atoms with van der Waals surface area (Å²) in [7, 11) is -3.74. The molecule has 1 fully saturated rings. The van der Waals surface area contributed by atoms with Gasteiger partial charge in [0.05, 0.1) is 5.56 Å². The number of nitrogens with zero attached hydrogens (tertiary/aromatic N) is 1. The fraction of sp³-hybridized carbons (Fsp3) is 0.583. The molecule has 2 atom stereocenters. The van der Waals surface area contributed by atoms with Crippen LogP contribution in [-0.2, 0) is 10.0 Å². The molecule has 2 rings (SSSR count). The molecule has 118 valence electrons. The Kier molecular flexibility index (Phi) is 4.99. The molecule has 4 N–H and O–H groups in total. The summed E-state index contributed by atoms with van der Waals surface area (Å²) in [5.41, 5.74) is 5.29. The summed E-state index contributed by atoms with van der Waals surface area (Å²) in [6, 6.07) is 1.26. The molecule has 1 amide bonds. The molecule has 21 heavy (non-hydrogen) atoms. The maximum atomic E-state index is 12.6. The van der Waals surface area contributed by atoms with Crippen molar-refractivity contribution in [3.05, 3.63) is 17.0 Å². The number of rotatable bonds is 5. The van der Waals surface area contributed by atoms with E-state index in [-0.39, 0.29) is 47.9 Å². The van der Waals surface area contributed by atoms with Crippen molar-refractivity contribution in [2.45, 2.75) is 10.6 Å². The van der Waals surface area contributed by atoms with Crippen molar-refractivity contribution >= 4 is 27.3 Å². The highest BCUT2D eigenvalue weighted by atomic mass is 32.2. The summed E-state index contributed by atoms with van der Waals surface area (Å²) < 4.78 is 26.4. The molecule has 0 bridgehead atoms. The van der Waals surface area contributed by atoms with Gasteiger partial charge in [-0.05, 0) is 24.3 Å². The summed E-state index contributed by atoms with van der Waals surface area (Å²) in [4.78, 5) is 11.1. The topological polar surface area (TPSA) is 121 Å². The number of carbonyl (C=O) groups excluding carboxylic acids is 1. The quantitative estimate of drug-likeness (QED) is 0.668. The predicted molar refractivity (Wildman–Crippen MR) is 77.4 cm³/mol. The number of primary amides is 1. The fourth-order valence-corrected chi connectivity index (χ4v) is 5.35. The molecule has 0 spiro atoms. The van der Waals surface area contributed by atoms with Gasteiger partial charge < -0.3 is 15.9 Å². The van der Waals surface area contributed by atoms with Crippen LogP contribution in [0.15, 0.2) is 15.7 Å².